The minimum Gasteiger partial charge on any atom is -0.370 e. The number of hydrogen-bond acceptors (Lipinski definition) is 3. The van der Waals surface area contributed by atoms with Crippen LogP contribution in [0.2, 0.25) is 0 Å². The van der Waals surface area contributed by atoms with Gasteiger partial charge in [-0.25, -0.2) is 0 Å². The highest BCUT2D eigenvalue weighted by Crippen LogP contribution is 2.44. The summed E-state index contributed by atoms with van der Waals surface area (Å²) in [4.78, 5) is 6.90. The molecule has 1 aromatic rings. The van der Waals surface area contributed by atoms with Crippen LogP contribution < -0.4 is 5.32 Å². The summed E-state index contributed by atoms with van der Waals surface area (Å²) in [6.07, 6.45) is 12.5. The number of aryl methyl sites for hydroxylation is 1. The van der Waals surface area contributed by atoms with Crippen molar-refractivity contribution >= 4 is 29.9 Å². The van der Waals surface area contributed by atoms with E-state index < -0.39 is 0 Å². The van der Waals surface area contributed by atoms with Gasteiger partial charge in [0.25, 0.3) is 0 Å². The molecule has 3 aliphatic rings. The maximum atomic E-state index is 5.96. The Morgan fingerprint density at radius 3 is 2.81 bits per heavy atom. The lowest BCUT2D eigenvalue weighted by Gasteiger charge is -2.35. The minimum absolute atomic E-state index is 0. The highest BCUT2D eigenvalue weighted by Gasteiger charge is 2.44. The van der Waals surface area contributed by atoms with Crippen molar-refractivity contribution in [2.45, 2.75) is 50.7 Å². The molecule has 2 saturated carbocycles. The number of morpholine rings is 1. The lowest BCUT2D eigenvalue weighted by atomic mass is 9.85. The van der Waals surface area contributed by atoms with Gasteiger partial charge in [0.15, 0.2) is 5.96 Å². The molecular weight excluding hydrogens is 441 g/mol. The van der Waals surface area contributed by atoms with E-state index in [0.29, 0.717) is 6.04 Å². The van der Waals surface area contributed by atoms with Gasteiger partial charge < -0.3 is 15.0 Å². The quantitative estimate of drug-likeness (QED) is 0.417. The van der Waals surface area contributed by atoms with Crippen molar-refractivity contribution in [3.63, 3.8) is 0 Å². The molecule has 3 fully saturated rings. The molecule has 146 valence electrons. The van der Waals surface area contributed by atoms with Gasteiger partial charge in [0.05, 0.1) is 19.3 Å². The predicted molar refractivity (Wildman–Crippen MR) is 114 cm³/mol. The van der Waals surface area contributed by atoms with Gasteiger partial charge in [-0.3, -0.25) is 9.67 Å². The number of rotatable bonds is 3. The summed E-state index contributed by atoms with van der Waals surface area (Å²) in [6.45, 7) is 2.47. The number of hydrogen-bond donors (Lipinski definition) is 1. The number of aromatic nitrogens is 2. The number of halogens is 1. The Morgan fingerprint density at radius 1 is 1.31 bits per heavy atom. The highest BCUT2D eigenvalue weighted by atomic mass is 127. The Kier molecular flexibility index (Phi) is 6.82. The summed E-state index contributed by atoms with van der Waals surface area (Å²) in [5.41, 5.74) is 1.15. The molecule has 0 radical (unpaired) electrons. The summed E-state index contributed by atoms with van der Waals surface area (Å²) in [5, 5.41) is 8.01. The molecule has 7 heteroatoms. The average molecular weight is 473 g/mol. The van der Waals surface area contributed by atoms with E-state index in [9.17, 15) is 0 Å². The summed E-state index contributed by atoms with van der Waals surface area (Å²) in [7, 11) is 3.85. The third-order valence-electron chi connectivity index (χ3n) is 6.08. The van der Waals surface area contributed by atoms with Gasteiger partial charge in [0.1, 0.15) is 6.10 Å². The zero-order valence-electron chi connectivity index (χ0n) is 15.9. The smallest absolute Gasteiger partial charge is 0.194 e. The molecule has 1 saturated heterocycles. The van der Waals surface area contributed by atoms with Crippen molar-refractivity contribution in [3.05, 3.63) is 18.0 Å². The van der Waals surface area contributed by atoms with E-state index in [4.69, 9.17) is 4.74 Å². The second-order valence-electron chi connectivity index (χ2n) is 7.85. The minimum atomic E-state index is 0. The summed E-state index contributed by atoms with van der Waals surface area (Å²) < 4.78 is 7.80. The fraction of sp³-hybridized carbons (Fsp3) is 0.789. The number of ether oxygens (including phenoxy) is 1. The number of guanidine groups is 1. The van der Waals surface area contributed by atoms with Crippen LogP contribution in [0.5, 0.6) is 0 Å². The van der Waals surface area contributed by atoms with Gasteiger partial charge in [-0.1, -0.05) is 32.1 Å². The second kappa shape index (κ2) is 8.91. The van der Waals surface area contributed by atoms with Gasteiger partial charge in [-0.15, -0.1) is 24.0 Å². The molecule has 4 rings (SSSR count). The van der Waals surface area contributed by atoms with Crippen LogP contribution in [0.25, 0.3) is 0 Å². The molecule has 0 aromatic carbocycles. The van der Waals surface area contributed by atoms with E-state index in [1.807, 2.05) is 31.2 Å². The fourth-order valence-corrected chi connectivity index (χ4v) is 4.58. The van der Waals surface area contributed by atoms with E-state index in [2.05, 4.69) is 20.3 Å². The molecular formula is C19H32IN5O. The van der Waals surface area contributed by atoms with E-state index in [1.54, 1.807) is 0 Å². The normalized spacial score (nSPS) is 30.0. The van der Waals surface area contributed by atoms with Crippen LogP contribution >= 0.6 is 24.0 Å². The largest absolute Gasteiger partial charge is 0.370 e. The third kappa shape index (κ3) is 4.52. The van der Waals surface area contributed by atoms with Crippen molar-refractivity contribution in [1.82, 2.24) is 20.0 Å². The van der Waals surface area contributed by atoms with Crippen LogP contribution in [0.4, 0.5) is 0 Å². The van der Waals surface area contributed by atoms with Crippen molar-refractivity contribution in [2.75, 3.05) is 26.7 Å². The molecule has 3 unspecified atom stereocenters. The molecule has 6 nitrogen and oxygen atoms in total. The van der Waals surface area contributed by atoms with Crippen LogP contribution in [0.1, 0.15) is 50.2 Å². The molecule has 3 atom stereocenters. The van der Waals surface area contributed by atoms with Crippen LogP contribution in [0.3, 0.4) is 0 Å². The first-order chi connectivity index (χ1) is 12.2. The standard InChI is InChI=1S/C19H31N5O.HI/c1-20-19(22-17-10-16(17)14-6-4-3-5-7-14)24-8-9-25-18(13-24)15-11-21-23(2)12-15;/h11-12,14,16-18H,3-10,13H2,1-2H3,(H,20,22);1H. The molecule has 1 aromatic heterocycles. The molecule has 0 spiro atoms. The number of nitrogens with one attached hydrogen (secondary N) is 1. The van der Waals surface area contributed by atoms with Gasteiger partial charge >= 0.3 is 0 Å². The maximum absolute atomic E-state index is 5.96. The van der Waals surface area contributed by atoms with E-state index >= 15 is 0 Å². The molecule has 26 heavy (non-hydrogen) atoms. The van der Waals surface area contributed by atoms with Crippen molar-refractivity contribution in [1.29, 1.82) is 0 Å². The van der Waals surface area contributed by atoms with Crippen molar-refractivity contribution in [2.24, 2.45) is 23.9 Å². The third-order valence-corrected chi connectivity index (χ3v) is 6.08. The first kappa shape index (κ1) is 19.9. The Morgan fingerprint density at radius 2 is 2.12 bits per heavy atom. The van der Waals surface area contributed by atoms with E-state index in [0.717, 1.165) is 43.1 Å². The summed E-state index contributed by atoms with van der Waals surface area (Å²) >= 11 is 0. The number of nitrogens with zero attached hydrogens (tertiary/aromatic N) is 4. The molecule has 1 aliphatic heterocycles. The van der Waals surface area contributed by atoms with E-state index in [1.165, 1.54) is 38.5 Å². The Balaban J connectivity index is 0.00000196. The maximum Gasteiger partial charge on any atom is 0.194 e. The second-order valence-corrected chi connectivity index (χ2v) is 7.85. The topological polar surface area (TPSA) is 54.7 Å². The van der Waals surface area contributed by atoms with Crippen LogP contribution in [0, 0.1) is 11.8 Å². The van der Waals surface area contributed by atoms with Gasteiger partial charge in [-0.2, -0.15) is 5.10 Å². The first-order valence-electron chi connectivity index (χ1n) is 9.83. The fourth-order valence-electron chi connectivity index (χ4n) is 4.58. The van der Waals surface area contributed by atoms with E-state index in [-0.39, 0.29) is 30.1 Å². The first-order valence-corrected chi connectivity index (χ1v) is 9.83. The lowest BCUT2D eigenvalue weighted by molar-refractivity contribution is -0.00809. The zero-order chi connectivity index (χ0) is 17.2. The van der Waals surface area contributed by atoms with Gasteiger partial charge in [-0.05, 0) is 18.3 Å². The summed E-state index contributed by atoms with van der Waals surface area (Å²) in [6, 6.07) is 0.626. The van der Waals surface area contributed by atoms with Crippen LogP contribution in [-0.2, 0) is 11.8 Å². The summed E-state index contributed by atoms with van der Waals surface area (Å²) in [5.74, 6) is 2.85. The molecule has 1 N–H and O–H groups in total. The average Bonchev–Trinajstić information content (AvgIpc) is 3.30. The highest BCUT2D eigenvalue weighted by molar-refractivity contribution is 14.0. The van der Waals surface area contributed by atoms with Crippen molar-refractivity contribution < 1.29 is 4.74 Å². The Labute approximate surface area is 173 Å². The molecule has 2 aliphatic carbocycles. The van der Waals surface area contributed by atoms with Crippen LogP contribution in [0.15, 0.2) is 17.4 Å². The monoisotopic (exact) mass is 473 g/mol. The van der Waals surface area contributed by atoms with Gasteiger partial charge in [0.2, 0.25) is 0 Å². The number of aliphatic imine (C=N–C) groups is 1. The van der Waals surface area contributed by atoms with Crippen molar-refractivity contribution in [3.8, 4) is 0 Å². The predicted octanol–water partition coefficient (Wildman–Crippen LogP) is 2.96. The SMILES string of the molecule is CN=C(NC1CC1C1CCCCC1)N1CCOC(c2cnn(C)c2)C1.I. The Hall–Kier alpha value is -0.830. The Bertz CT molecular complexity index is 613. The van der Waals surface area contributed by atoms with Gasteiger partial charge in [0, 0.05) is 38.4 Å². The zero-order valence-corrected chi connectivity index (χ0v) is 18.3. The lowest BCUT2D eigenvalue weighted by Crippen LogP contribution is -2.49. The molecule has 0 amide bonds. The molecule has 0 bridgehead atoms. The molecule has 2 heterocycles. The van der Waals surface area contributed by atoms with Crippen LogP contribution in [-0.4, -0.2) is 53.4 Å².